The molecule has 2 aromatic carbocycles. The first-order valence-electron chi connectivity index (χ1n) is 8.88. The number of amides is 1. The van der Waals surface area contributed by atoms with E-state index in [2.05, 4.69) is 21.2 Å². The Morgan fingerprint density at radius 2 is 1.74 bits per heavy atom. The standard InChI is InChI=1S/C20H23BrN2O3S/c1-14-3-9-19(10-4-14)27(25,26)23-12-11-18(22-15(2)24)13-20(23)16-5-7-17(21)8-6-16/h3-10,18,20H,11-13H2,1-2H3,(H,22,24)/t18-,20-/m0/s1. The van der Waals surface area contributed by atoms with Crippen LogP contribution in [0.3, 0.4) is 0 Å². The van der Waals surface area contributed by atoms with E-state index in [9.17, 15) is 13.2 Å². The quantitative estimate of drug-likeness (QED) is 0.770. The summed E-state index contributed by atoms with van der Waals surface area (Å²) in [5.74, 6) is -0.0932. The molecule has 1 N–H and O–H groups in total. The molecule has 7 heteroatoms. The van der Waals surface area contributed by atoms with Crippen LogP contribution in [0, 0.1) is 6.92 Å². The summed E-state index contributed by atoms with van der Waals surface area (Å²) in [6.45, 7) is 3.78. The molecular formula is C20H23BrN2O3S. The molecule has 0 spiro atoms. The number of piperidine rings is 1. The maximum atomic E-state index is 13.3. The van der Waals surface area contributed by atoms with E-state index in [0.717, 1.165) is 15.6 Å². The summed E-state index contributed by atoms with van der Waals surface area (Å²) < 4.78 is 29.1. The van der Waals surface area contributed by atoms with Gasteiger partial charge < -0.3 is 5.32 Å². The van der Waals surface area contributed by atoms with Crippen molar-refractivity contribution in [3.63, 3.8) is 0 Å². The number of benzene rings is 2. The van der Waals surface area contributed by atoms with Gasteiger partial charge in [-0.2, -0.15) is 4.31 Å². The Morgan fingerprint density at radius 3 is 2.33 bits per heavy atom. The lowest BCUT2D eigenvalue weighted by atomic mass is 9.94. The first-order valence-corrected chi connectivity index (χ1v) is 11.1. The summed E-state index contributed by atoms with van der Waals surface area (Å²) in [6.07, 6.45) is 1.14. The van der Waals surface area contributed by atoms with Gasteiger partial charge in [0.15, 0.2) is 0 Å². The Morgan fingerprint density at radius 1 is 1.11 bits per heavy atom. The van der Waals surface area contributed by atoms with Crippen LogP contribution in [0.15, 0.2) is 57.9 Å². The number of nitrogens with one attached hydrogen (secondary N) is 1. The van der Waals surface area contributed by atoms with E-state index in [1.165, 1.54) is 6.92 Å². The predicted octanol–water partition coefficient (Wildman–Crippen LogP) is 3.79. The highest BCUT2D eigenvalue weighted by Crippen LogP contribution is 2.36. The van der Waals surface area contributed by atoms with Gasteiger partial charge in [-0.25, -0.2) is 8.42 Å². The number of rotatable bonds is 4. The van der Waals surface area contributed by atoms with E-state index in [1.807, 2.05) is 43.3 Å². The monoisotopic (exact) mass is 450 g/mol. The molecule has 0 bridgehead atoms. The second kappa shape index (κ2) is 8.12. The molecule has 27 heavy (non-hydrogen) atoms. The van der Waals surface area contributed by atoms with Crippen LogP contribution < -0.4 is 5.32 Å². The van der Waals surface area contributed by atoms with Crippen molar-refractivity contribution in [3.8, 4) is 0 Å². The van der Waals surface area contributed by atoms with Crippen molar-refractivity contribution in [1.29, 1.82) is 0 Å². The predicted molar refractivity (Wildman–Crippen MR) is 109 cm³/mol. The van der Waals surface area contributed by atoms with Crippen molar-refractivity contribution in [1.82, 2.24) is 9.62 Å². The Balaban J connectivity index is 1.97. The molecule has 1 saturated heterocycles. The minimum absolute atomic E-state index is 0.0411. The first kappa shape index (κ1) is 20.0. The maximum absolute atomic E-state index is 13.3. The van der Waals surface area contributed by atoms with Crippen LogP contribution in [0.2, 0.25) is 0 Å². The highest BCUT2D eigenvalue weighted by Gasteiger charge is 2.37. The molecule has 0 radical (unpaired) electrons. The molecule has 0 aromatic heterocycles. The van der Waals surface area contributed by atoms with E-state index >= 15 is 0 Å². The summed E-state index contributed by atoms with van der Waals surface area (Å²) >= 11 is 3.42. The number of nitrogens with zero attached hydrogens (tertiary/aromatic N) is 1. The van der Waals surface area contributed by atoms with E-state index in [0.29, 0.717) is 24.3 Å². The molecule has 2 atom stereocenters. The third kappa shape index (κ3) is 4.59. The number of hydrogen-bond donors (Lipinski definition) is 1. The lowest BCUT2D eigenvalue weighted by Crippen LogP contribution is -2.47. The van der Waals surface area contributed by atoms with Crippen LogP contribution in [-0.4, -0.2) is 31.2 Å². The smallest absolute Gasteiger partial charge is 0.243 e. The fourth-order valence-corrected chi connectivity index (χ4v) is 5.39. The Bertz CT molecular complexity index is 911. The molecule has 3 rings (SSSR count). The first-order chi connectivity index (χ1) is 12.8. The van der Waals surface area contributed by atoms with E-state index in [-0.39, 0.29) is 18.0 Å². The number of carbonyl (C=O) groups excluding carboxylic acids is 1. The molecule has 1 aliphatic rings. The number of carbonyl (C=O) groups is 1. The van der Waals surface area contributed by atoms with Crippen molar-refractivity contribution in [2.45, 2.75) is 43.7 Å². The zero-order valence-corrected chi connectivity index (χ0v) is 17.8. The van der Waals surface area contributed by atoms with Gasteiger partial charge in [-0.15, -0.1) is 0 Å². The van der Waals surface area contributed by atoms with Crippen molar-refractivity contribution >= 4 is 31.9 Å². The molecule has 1 heterocycles. The molecule has 0 saturated carbocycles. The molecule has 2 aromatic rings. The van der Waals surface area contributed by atoms with Gasteiger partial charge in [0.25, 0.3) is 0 Å². The molecule has 144 valence electrons. The number of aryl methyl sites for hydroxylation is 1. The van der Waals surface area contributed by atoms with Crippen LogP contribution >= 0.6 is 15.9 Å². The van der Waals surface area contributed by atoms with Gasteiger partial charge in [0.2, 0.25) is 15.9 Å². The van der Waals surface area contributed by atoms with E-state index in [4.69, 9.17) is 0 Å². The lowest BCUT2D eigenvalue weighted by molar-refractivity contribution is -0.120. The molecular weight excluding hydrogens is 428 g/mol. The summed E-state index contributed by atoms with van der Waals surface area (Å²) in [6, 6.07) is 14.3. The van der Waals surface area contributed by atoms with Gasteiger partial charge in [0, 0.05) is 24.0 Å². The topological polar surface area (TPSA) is 66.5 Å². The number of halogens is 1. The van der Waals surface area contributed by atoms with Crippen molar-refractivity contribution in [3.05, 3.63) is 64.1 Å². The van der Waals surface area contributed by atoms with Crippen LogP contribution in [-0.2, 0) is 14.8 Å². The third-order valence-corrected chi connectivity index (χ3v) is 7.29. The molecule has 0 unspecified atom stereocenters. The molecule has 0 aliphatic carbocycles. The fourth-order valence-electron chi connectivity index (χ4n) is 3.48. The van der Waals surface area contributed by atoms with Gasteiger partial charge in [-0.05, 0) is 49.6 Å². The second-order valence-electron chi connectivity index (χ2n) is 6.92. The summed E-state index contributed by atoms with van der Waals surface area (Å²) in [5.41, 5.74) is 1.94. The average molecular weight is 451 g/mol. The van der Waals surface area contributed by atoms with E-state index < -0.39 is 10.0 Å². The van der Waals surface area contributed by atoms with Gasteiger partial charge in [-0.1, -0.05) is 45.8 Å². The van der Waals surface area contributed by atoms with Crippen LogP contribution in [0.5, 0.6) is 0 Å². The van der Waals surface area contributed by atoms with Crippen LogP contribution in [0.25, 0.3) is 0 Å². The molecule has 1 amide bonds. The Hall–Kier alpha value is -1.70. The highest BCUT2D eigenvalue weighted by atomic mass is 79.9. The number of sulfonamides is 1. The van der Waals surface area contributed by atoms with Crippen molar-refractivity contribution < 1.29 is 13.2 Å². The zero-order chi connectivity index (χ0) is 19.6. The van der Waals surface area contributed by atoms with Crippen molar-refractivity contribution in [2.75, 3.05) is 6.54 Å². The van der Waals surface area contributed by atoms with Gasteiger partial charge in [0.1, 0.15) is 0 Å². The van der Waals surface area contributed by atoms with Gasteiger partial charge in [-0.3, -0.25) is 4.79 Å². The molecule has 5 nitrogen and oxygen atoms in total. The minimum Gasteiger partial charge on any atom is -0.353 e. The van der Waals surface area contributed by atoms with Gasteiger partial charge in [0.05, 0.1) is 10.9 Å². The second-order valence-corrected chi connectivity index (χ2v) is 9.72. The largest absolute Gasteiger partial charge is 0.353 e. The minimum atomic E-state index is -3.63. The molecule has 1 fully saturated rings. The molecule has 1 aliphatic heterocycles. The third-order valence-electron chi connectivity index (χ3n) is 4.84. The highest BCUT2D eigenvalue weighted by molar-refractivity contribution is 9.10. The summed E-state index contributed by atoms with van der Waals surface area (Å²) in [5, 5.41) is 2.94. The lowest BCUT2D eigenvalue weighted by Gasteiger charge is -2.39. The SMILES string of the molecule is CC(=O)N[C@H]1CCN(S(=O)(=O)c2ccc(C)cc2)[C@H](c2ccc(Br)cc2)C1. The maximum Gasteiger partial charge on any atom is 0.243 e. The van der Waals surface area contributed by atoms with Crippen molar-refractivity contribution in [2.24, 2.45) is 0 Å². The number of hydrogen-bond acceptors (Lipinski definition) is 3. The fraction of sp³-hybridized carbons (Fsp3) is 0.350. The van der Waals surface area contributed by atoms with Crippen LogP contribution in [0.4, 0.5) is 0 Å². The Labute approximate surface area is 169 Å². The van der Waals surface area contributed by atoms with E-state index in [1.54, 1.807) is 16.4 Å². The van der Waals surface area contributed by atoms with Crippen LogP contribution in [0.1, 0.15) is 36.9 Å². The Kier molecular flexibility index (Phi) is 6.03. The van der Waals surface area contributed by atoms with Gasteiger partial charge >= 0.3 is 0 Å². The summed E-state index contributed by atoms with van der Waals surface area (Å²) in [4.78, 5) is 11.8. The zero-order valence-electron chi connectivity index (χ0n) is 15.4. The normalized spacial score (nSPS) is 21.0. The average Bonchev–Trinajstić information content (AvgIpc) is 2.62. The summed E-state index contributed by atoms with van der Waals surface area (Å²) in [7, 11) is -3.63.